The number of benzene rings is 2. The van der Waals surface area contributed by atoms with E-state index in [2.05, 4.69) is 10.3 Å². The summed E-state index contributed by atoms with van der Waals surface area (Å²) in [7, 11) is 0. The molecule has 2 aromatic carbocycles. The maximum absolute atomic E-state index is 9.67. The first-order chi connectivity index (χ1) is 10.4. The fourth-order valence-corrected chi connectivity index (χ4v) is 1.40. The van der Waals surface area contributed by atoms with Crippen LogP contribution < -0.4 is 0 Å². The molecule has 8 heteroatoms. The average molecular weight is 313 g/mol. The molecule has 0 unspecified atom stereocenters. The second kappa shape index (κ2) is 8.50. The Morgan fingerprint density at radius 1 is 1.00 bits per heavy atom. The van der Waals surface area contributed by atoms with Crippen LogP contribution in [0.3, 0.4) is 0 Å². The van der Waals surface area contributed by atoms with E-state index in [9.17, 15) is 13.2 Å². The zero-order valence-corrected chi connectivity index (χ0v) is 11.6. The van der Waals surface area contributed by atoms with Gasteiger partial charge in [-0.1, -0.05) is 34.7 Å². The van der Waals surface area contributed by atoms with Gasteiger partial charge in [0.2, 0.25) is 0 Å². The van der Waals surface area contributed by atoms with Gasteiger partial charge in [0.25, 0.3) is 0 Å². The number of fused-ring (bicyclic) bond motifs is 1. The van der Waals surface area contributed by atoms with Gasteiger partial charge in [-0.25, -0.2) is 0 Å². The maximum atomic E-state index is 9.67. The van der Waals surface area contributed by atoms with E-state index in [1.165, 1.54) is 5.56 Å². The van der Waals surface area contributed by atoms with Crippen molar-refractivity contribution in [2.24, 2.45) is 0 Å². The molecule has 5 nitrogen and oxygen atoms in total. The summed E-state index contributed by atoms with van der Waals surface area (Å²) in [6.45, 7) is -1.68. The monoisotopic (exact) mass is 313 g/mol. The second-order valence-corrected chi connectivity index (χ2v) is 4.05. The summed E-state index contributed by atoms with van der Waals surface area (Å²) in [5.74, 6) is 0.329. The van der Waals surface area contributed by atoms with Crippen molar-refractivity contribution in [3.8, 4) is 5.75 Å². The van der Waals surface area contributed by atoms with E-state index >= 15 is 0 Å². The molecule has 22 heavy (non-hydrogen) atoms. The molecule has 0 aliphatic rings. The minimum Gasteiger partial charge on any atom is -0.508 e. The third kappa shape index (κ3) is 6.12. The van der Waals surface area contributed by atoms with Crippen molar-refractivity contribution in [3.63, 3.8) is 0 Å². The van der Waals surface area contributed by atoms with Gasteiger partial charge >= 0.3 is 6.68 Å². The molecule has 0 bridgehead atoms. The fraction of sp³-hybridized carbons (Fsp3) is 0.143. The van der Waals surface area contributed by atoms with Crippen molar-refractivity contribution < 1.29 is 23.5 Å². The van der Waals surface area contributed by atoms with Crippen molar-refractivity contribution in [1.29, 1.82) is 0 Å². The summed E-state index contributed by atoms with van der Waals surface area (Å²) in [5, 5.41) is 24.8. The first-order valence-corrected chi connectivity index (χ1v) is 6.07. The third-order valence-corrected chi connectivity index (χ3v) is 2.37. The zero-order chi connectivity index (χ0) is 16.5. The number of para-hydroxylation sites is 1. The summed E-state index contributed by atoms with van der Waals surface area (Å²) in [6, 6.07) is 14.3. The predicted molar refractivity (Wildman–Crippen MR) is 74.7 cm³/mol. The van der Waals surface area contributed by atoms with Crippen molar-refractivity contribution in [2.75, 3.05) is 0 Å². The lowest BCUT2D eigenvalue weighted by atomic mass is 10.2. The van der Waals surface area contributed by atoms with Gasteiger partial charge in [-0.3, -0.25) is 0 Å². The van der Waals surface area contributed by atoms with Gasteiger partial charge < -0.3 is 10.3 Å². The molecule has 2 N–H and O–H groups in total. The Balaban J connectivity index is 0.000000182. The molecule has 0 saturated carbocycles. The maximum Gasteiger partial charge on any atom is 0.379 e. The first kappa shape index (κ1) is 17.3. The van der Waals surface area contributed by atoms with Crippen LogP contribution in [0.4, 0.5) is 13.2 Å². The highest BCUT2D eigenvalue weighted by molar-refractivity contribution is 5.73. The van der Waals surface area contributed by atoms with E-state index in [0.717, 1.165) is 4.85 Å². The number of phenolic OH excluding ortho intramolecular Hbond substituents is 1. The lowest BCUT2D eigenvalue weighted by Crippen LogP contribution is -1.90. The molecule has 0 spiro atoms. The Morgan fingerprint density at radius 2 is 1.55 bits per heavy atom. The van der Waals surface area contributed by atoms with Crippen LogP contribution in [0.1, 0.15) is 5.56 Å². The largest absolute Gasteiger partial charge is 0.508 e. The normalized spacial score (nSPS) is 9.68. The van der Waals surface area contributed by atoms with Gasteiger partial charge in [-0.15, -0.1) is 5.10 Å². The van der Waals surface area contributed by atoms with E-state index in [1.807, 2.05) is 31.2 Å². The van der Waals surface area contributed by atoms with E-state index in [-0.39, 0.29) is 0 Å². The van der Waals surface area contributed by atoms with Crippen LogP contribution in [-0.2, 0) is 0 Å². The van der Waals surface area contributed by atoms with Gasteiger partial charge in [0.05, 0.1) is 0 Å². The molecule has 1 aromatic heterocycles. The Kier molecular flexibility index (Phi) is 6.68. The number of aryl methyl sites for hydroxylation is 1. The number of aromatic nitrogens is 3. The Bertz CT molecular complexity index is 663. The summed E-state index contributed by atoms with van der Waals surface area (Å²) in [4.78, 5) is 0.759. The average Bonchev–Trinajstić information content (AvgIpc) is 2.85. The predicted octanol–water partition coefficient (Wildman–Crippen LogP) is 3.55. The first-order valence-electron chi connectivity index (χ1n) is 6.07. The van der Waals surface area contributed by atoms with E-state index in [1.54, 1.807) is 24.3 Å². The quantitative estimate of drug-likeness (QED) is 0.623. The van der Waals surface area contributed by atoms with Crippen LogP contribution in [-0.4, -0.2) is 32.2 Å². The summed E-state index contributed by atoms with van der Waals surface area (Å²) in [5.41, 5.74) is 2.50. The van der Waals surface area contributed by atoms with E-state index < -0.39 is 6.68 Å². The van der Waals surface area contributed by atoms with E-state index in [4.69, 9.17) is 10.3 Å². The van der Waals surface area contributed by atoms with Crippen molar-refractivity contribution in [1.82, 2.24) is 15.2 Å². The minimum atomic E-state index is -3.67. The Morgan fingerprint density at radius 3 is 2.05 bits per heavy atom. The smallest absolute Gasteiger partial charge is 0.379 e. The number of phenols is 1. The van der Waals surface area contributed by atoms with Crippen LogP contribution in [0.15, 0.2) is 48.5 Å². The van der Waals surface area contributed by atoms with E-state index in [0.29, 0.717) is 16.8 Å². The molecule has 0 fully saturated rings. The van der Waals surface area contributed by atoms with Crippen molar-refractivity contribution in [3.05, 3.63) is 54.1 Å². The zero-order valence-electron chi connectivity index (χ0n) is 11.6. The highest BCUT2D eigenvalue weighted by Gasteiger charge is 1.98. The molecule has 0 radical (unpaired) electrons. The highest BCUT2D eigenvalue weighted by atomic mass is 19.4. The Labute approximate surface area is 124 Å². The molecule has 0 saturated heterocycles. The number of halogens is 3. The van der Waals surface area contributed by atoms with Gasteiger partial charge in [0, 0.05) is 0 Å². The lowest BCUT2D eigenvalue weighted by Gasteiger charge is -1.89. The van der Waals surface area contributed by atoms with Crippen molar-refractivity contribution in [2.45, 2.75) is 13.6 Å². The molecule has 0 aliphatic heterocycles. The second-order valence-electron chi connectivity index (χ2n) is 4.05. The molecule has 0 aliphatic carbocycles. The molecule has 3 aromatic rings. The number of nitrogens with zero attached hydrogens (tertiary/aromatic N) is 3. The molecule has 118 valence electrons. The lowest BCUT2D eigenvalue weighted by molar-refractivity contribution is 0.00819. The SMILES string of the molecule is Cc1ccc(O)cc1.FC(F)F.On1nnc2ccccc21. The molecule has 1 heterocycles. The summed E-state index contributed by atoms with van der Waals surface area (Å²) in [6.07, 6.45) is 0. The van der Waals surface area contributed by atoms with Crippen LogP contribution >= 0.6 is 0 Å². The van der Waals surface area contributed by atoms with Crippen LogP contribution in [0.5, 0.6) is 5.75 Å². The van der Waals surface area contributed by atoms with Crippen LogP contribution in [0, 0.1) is 6.92 Å². The van der Waals surface area contributed by atoms with Crippen molar-refractivity contribution >= 4 is 11.0 Å². The topological polar surface area (TPSA) is 71.2 Å². The molecule has 3 rings (SSSR count). The van der Waals surface area contributed by atoms with Crippen LogP contribution in [0.2, 0.25) is 0 Å². The fourth-order valence-electron chi connectivity index (χ4n) is 1.40. The highest BCUT2D eigenvalue weighted by Crippen LogP contribution is 2.07. The van der Waals surface area contributed by atoms with Gasteiger partial charge in [-0.05, 0) is 36.4 Å². The number of hydrogen-bond donors (Lipinski definition) is 2. The number of alkyl halides is 3. The minimum absolute atomic E-state index is 0.329. The van der Waals surface area contributed by atoms with Gasteiger partial charge in [-0.2, -0.15) is 13.2 Å². The molecule has 0 atom stereocenters. The third-order valence-electron chi connectivity index (χ3n) is 2.37. The van der Waals surface area contributed by atoms with Crippen LogP contribution in [0.25, 0.3) is 11.0 Å². The molecular formula is C14H14F3N3O2. The number of aromatic hydroxyl groups is 1. The molecule has 0 amide bonds. The number of hydrogen-bond acceptors (Lipinski definition) is 4. The summed E-state index contributed by atoms with van der Waals surface area (Å²) >= 11 is 0. The summed E-state index contributed by atoms with van der Waals surface area (Å²) < 4.78 is 29.0. The number of rotatable bonds is 0. The Hall–Kier alpha value is -2.77. The van der Waals surface area contributed by atoms with Gasteiger partial charge in [0.15, 0.2) is 0 Å². The standard InChI is InChI=1S/C7H8O.C6H5N3O.CHF3/c1-6-2-4-7(8)5-3-6;10-9-6-4-2-1-3-5(6)7-8-9;2-1(3)4/h2-5,8H,1H3;1-4,10H;1H. The molecular weight excluding hydrogens is 299 g/mol. The van der Waals surface area contributed by atoms with Gasteiger partial charge in [0.1, 0.15) is 16.8 Å².